The molecular formula is C20H26F3N3O3S. The molecule has 10 heteroatoms. The number of benzene rings is 1. The molecule has 0 aliphatic rings. The van der Waals surface area contributed by atoms with Gasteiger partial charge in [0.05, 0.1) is 22.7 Å². The van der Waals surface area contributed by atoms with E-state index in [1.165, 1.54) is 16.8 Å². The molecule has 0 spiro atoms. The van der Waals surface area contributed by atoms with E-state index in [4.69, 9.17) is 0 Å². The van der Waals surface area contributed by atoms with E-state index in [1.807, 2.05) is 6.92 Å². The molecule has 0 unspecified atom stereocenters. The fraction of sp³-hybridized carbons (Fsp3) is 0.500. The Kier molecular flexibility index (Phi) is 7.68. The minimum Gasteiger partial charge on any atom is -0.351 e. The molecule has 2 rings (SSSR count). The molecule has 1 amide bonds. The first-order valence-electron chi connectivity index (χ1n) is 9.64. The van der Waals surface area contributed by atoms with Gasteiger partial charge in [-0.1, -0.05) is 25.8 Å². The molecule has 166 valence electrons. The number of halogens is 3. The van der Waals surface area contributed by atoms with Gasteiger partial charge in [-0.3, -0.25) is 4.79 Å². The Morgan fingerprint density at radius 3 is 2.43 bits per heavy atom. The normalized spacial score (nSPS) is 12.2. The van der Waals surface area contributed by atoms with E-state index in [1.54, 1.807) is 19.9 Å². The van der Waals surface area contributed by atoms with Gasteiger partial charge in [-0.25, -0.2) is 13.1 Å². The van der Waals surface area contributed by atoms with Gasteiger partial charge in [0.1, 0.15) is 5.75 Å². The average Bonchev–Trinajstić information content (AvgIpc) is 2.97. The Balaban J connectivity index is 2.15. The number of nitrogens with zero attached hydrogens (tertiary/aromatic N) is 2. The number of carbonyl (C=O) groups excluding carboxylic acids is 1. The first-order valence-corrected chi connectivity index (χ1v) is 11.5. The lowest BCUT2D eigenvalue weighted by atomic mass is 10.1. The summed E-state index contributed by atoms with van der Waals surface area (Å²) >= 11 is 0. The third-order valence-electron chi connectivity index (χ3n) is 4.54. The second-order valence-electron chi connectivity index (χ2n) is 7.25. The summed E-state index contributed by atoms with van der Waals surface area (Å²) in [6.45, 7) is 4.99. The van der Waals surface area contributed by atoms with Crippen molar-refractivity contribution >= 4 is 15.7 Å². The Morgan fingerprint density at radius 2 is 1.87 bits per heavy atom. The molecule has 0 atom stereocenters. The smallest absolute Gasteiger partial charge is 0.351 e. The van der Waals surface area contributed by atoms with Crippen molar-refractivity contribution in [1.29, 1.82) is 0 Å². The van der Waals surface area contributed by atoms with Crippen LogP contribution in [0.15, 0.2) is 24.3 Å². The van der Waals surface area contributed by atoms with Crippen molar-refractivity contribution in [3.05, 3.63) is 46.8 Å². The van der Waals surface area contributed by atoms with Gasteiger partial charge in [-0.2, -0.15) is 18.3 Å². The SMILES string of the molecule is CCCCCS(=O)(=O)CC(=O)NCc1ccc(-n2nc(C)cc2C)cc1C(F)(F)F. The minimum atomic E-state index is -4.64. The van der Waals surface area contributed by atoms with Gasteiger partial charge in [-0.05, 0) is 44.0 Å². The van der Waals surface area contributed by atoms with Crippen LogP contribution in [0.25, 0.3) is 5.69 Å². The lowest BCUT2D eigenvalue weighted by molar-refractivity contribution is -0.138. The summed E-state index contributed by atoms with van der Waals surface area (Å²) in [5, 5.41) is 6.48. The molecular weight excluding hydrogens is 419 g/mol. The van der Waals surface area contributed by atoms with Gasteiger partial charge in [0, 0.05) is 12.2 Å². The van der Waals surface area contributed by atoms with E-state index in [0.29, 0.717) is 17.8 Å². The van der Waals surface area contributed by atoms with Crippen molar-refractivity contribution in [1.82, 2.24) is 15.1 Å². The zero-order valence-corrected chi connectivity index (χ0v) is 18.0. The monoisotopic (exact) mass is 445 g/mol. The zero-order valence-electron chi connectivity index (χ0n) is 17.2. The number of rotatable bonds is 9. The van der Waals surface area contributed by atoms with Crippen LogP contribution < -0.4 is 5.32 Å². The lowest BCUT2D eigenvalue weighted by Gasteiger charge is -2.16. The average molecular weight is 446 g/mol. The first-order chi connectivity index (χ1) is 13.9. The van der Waals surface area contributed by atoms with Crippen LogP contribution in [-0.4, -0.2) is 35.6 Å². The number of amides is 1. The summed E-state index contributed by atoms with van der Waals surface area (Å²) in [7, 11) is -3.59. The summed E-state index contributed by atoms with van der Waals surface area (Å²) in [5.41, 5.74) is 0.567. The van der Waals surface area contributed by atoms with Crippen LogP contribution in [0.4, 0.5) is 13.2 Å². The Hall–Kier alpha value is -2.36. The number of hydrogen-bond acceptors (Lipinski definition) is 4. The van der Waals surface area contributed by atoms with Crippen molar-refractivity contribution in [2.75, 3.05) is 11.5 Å². The molecule has 30 heavy (non-hydrogen) atoms. The highest BCUT2D eigenvalue weighted by atomic mass is 32.2. The molecule has 0 saturated heterocycles. The Labute approximate surface area is 174 Å². The van der Waals surface area contributed by atoms with Gasteiger partial charge in [-0.15, -0.1) is 0 Å². The molecule has 2 aromatic rings. The molecule has 1 N–H and O–H groups in total. The molecule has 0 saturated carbocycles. The summed E-state index contributed by atoms with van der Waals surface area (Å²) < 4.78 is 66.0. The molecule has 0 aliphatic heterocycles. The first kappa shape index (κ1) is 23.9. The van der Waals surface area contributed by atoms with Crippen molar-refractivity contribution < 1.29 is 26.4 Å². The molecule has 1 aromatic carbocycles. The minimum absolute atomic E-state index is 0.112. The molecule has 1 heterocycles. The van der Waals surface area contributed by atoms with E-state index in [2.05, 4.69) is 10.4 Å². The topological polar surface area (TPSA) is 81.1 Å². The predicted molar refractivity (Wildman–Crippen MR) is 108 cm³/mol. The molecule has 0 bridgehead atoms. The molecule has 0 radical (unpaired) electrons. The van der Waals surface area contributed by atoms with Gasteiger partial charge in [0.25, 0.3) is 0 Å². The van der Waals surface area contributed by atoms with Crippen LogP contribution in [0.2, 0.25) is 0 Å². The molecule has 0 fully saturated rings. The number of alkyl halides is 3. The number of aryl methyl sites for hydroxylation is 2. The Morgan fingerprint density at radius 1 is 1.17 bits per heavy atom. The van der Waals surface area contributed by atoms with E-state index in [0.717, 1.165) is 18.9 Å². The number of hydrogen-bond donors (Lipinski definition) is 1. The summed E-state index contributed by atoms with van der Waals surface area (Å²) in [4.78, 5) is 12.0. The second-order valence-corrected chi connectivity index (χ2v) is 9.44. The highest BCUT2D eigenvalue weighted by Crippen LogP contribution is 2.33. The highest BCUT2D eigenvalue weighted by molar-refractivity contribution is 7.92. The van der Waals surface area contributed by atoms with Crippen molar-refractivity contribution in [2.45, 2.75) is 52.8 Å². The number of unbranched alkanes of at least 4 members (excludes halogenated alkanes) is 2. The van der Waals surface area contributed by atoms with Crippen LogP contribution in [0.1, 0.15) is 48.7 Å². The molecule has 6 nitrogen and oxygen atoms in total. The maximum atomic E-state index is 13.6. The van der Waals surface area contributed by atoms with Crippen LogP contribution in [0.5, 0.6) is 0 Å². The van der Waals surface area contributed by atoms with E-state index in [9.17, 15) is 26.4 Å². The largest absolute Gasteiger partial charge is 0.416 e. The van der Waals surface area contributed by atoms with E-state index >= 15 is 0 Å². The predicted octanol–water partition coefficient (Wildman–Crippen LogP) is 3.73. The molecule has 1 aromatic heterocycles. The number of nitrogens with one attached hydrogen (secondary N) is 1. The third kappa shape index (κ3) is 6.58. The van der Waals surface area contributed by atoms with Crippen molar-refractivity contribution in [3.63, 3.8) is 0 Å². The summed E-state index contributed by atoms with van der Waals surface area (Å²) in [5.74, 6) is -1.66. The van der Waals surface area contributed by atoms with Gasteiger partial charge < -0.3 is 5.32 Å². The second kappa shape index (κ2) is 9.63. The van der Waals surface area contributed by atoms with Crippen LogP contribution in [0.3, 0.4) is 0 Å². The zero-order chi connectivity index (χ0) is 22.5. The van der Waals surface area contributed by atoms with E-state index in [-0.39, 0.29) is 17.0 Å². The summed E-state index contributed by atoms with van der Waals surface area (Å²) in [6, 6.07) is 5.48. The van der Waals surface area contributed by atoms with Crippen molar-refractivity contribution in [2.24, 2.45) is 0 Å². The van der Waals surface area contributed by atoms with Crippen LogP contribution in [-0.2, 0) is 27.4 Å². The van der Waals surface area contributed by atoms with Crippen molar-refractivity contribution in [3.8, 4) is 5.69 Å². The van der Waals surface area contributed by atoms with Crippen LogP contribution >= 0.6 is 0 Å². The van der Waals surface area contributed by atoms with Gasteiger partial charge in [0.15, 0.2) is 9.84 Å². The van der Waals surface area contributed by atoms with Crippen LogP contribution in [0, 0.1) is 13.8 Å². The van der Waals surface area contributed by atoms with Gasteiger partial charge in [0.2, 0.25) is 5.91 Å². The van der Waals surface area contributed by atoms with Gasteiger partial charge >= 0.3 is 6.18 Å². The Bertz CT molecular complexity index is 998. The maximum absolute atomic E-state index is 13.6. The maximum Gasteiger partial charge on any atom is 0.416 e. The summed E-state index contributed by atoms with van der Waals surface area (Å²) in [6.07, 6.45) is -2.61. The third-order valence-corrected chi connectivity index (χ3v) is 6.15. The highest BCUT2D eigenvalue weighted by Gasteiger charge is 2.34. The standard InChI is InChI=1S/C20H26F3N3O3S/c1-4-5-6-9-30(28,29)13-19(27)24-12-16-7-8-17(11-18(16)20(21,22)23)26-15(3)10-14(2)25-26/h7-8,10-11H,4-6,9,12-13H2,1-3H3,(H,24,27). The fourth-order valence-electron chi connectivity index (χ4n) is 3.09. The number of sulfone groups is 1. The van der Waals surface area contributed by atoms with E-state index < -0.39 is 39.8 Å². The quantitative estimate of drug-likeness (QED) is 0.597. The number of aromatic nitrogens is 2. The molecule has 0 aliphatic carbocycles. The number of carbonyl (C=O) groups is 1. The lowest BCUT2D eigenvalue weighted by Crippen LogP contribution is -2.31. The fourth-order valence-corrected chi connectivity index (χ4v) is 4.38.